The lowest BCUT2D eigenvalue weighted by molar-refractivity contribution is 0.415. The second kappa shape index (κ2) is 4.37. The molecule has 0 spiro atoms. The quantitative estimate of drug-likeness (QED) is 0.776. The van der Waals surface area contributed by atoms with Crippen LogP contribution in [-0.4, -0.2) is 29.8 Å². The Morgan fingerprint density at radius 1 is 1.44 bits per heavy atom. The van der Waals surface area contributed by atoms with Gasteiger partial charge in [0.25, 0.3) is 0 Å². The molecule has 0 unspecified atom stereocenters. The van der Waals surface area contributed by atoms with E-state index in [0.29, 0.717) is 0 Å². The fraction of sp³-hybridized carbons (Fsp3) is 0.357. The lowest BCUT2D eigenvalue weighted by Crippen LogP contribution is -2.32. The number of methoxy groups -OCH3 is 1. The summed E-state index contributed by atoms with van der Waals surface area (Å²) >= 11 is 0. The number of rotatable bonds is 3. The Bertz CT molecular complexity index is 588. The largest absolute Gasteiger partial charge is 0.497 e. The third kappa shape index (κ3) is 1.65. The molecular weight excluding hydrogens is 226 g/mol. The maximum absolute atomic E-state index is 5.25. The van der Waals surface area contributed by atoms with Crippen molar-refractivity contribution >= 4 is 17.0 Å². The summed E-state index contributed by atoms with van der Waals surface area (Å²) in [5.41, 5.74) is 2.18. The van der Waals surface area contributed by atoms with Crippen molar-refractivity contribution < 1.29 is 4.74 Å². The highest BCUT2D eigenvalue weighted by Gasteiger charge is 2.20. The number of benzene rings is 1. The summed E-state index contributed by atoms with van der Waals surface area (Å²) in [6.07, 6.45) is 3.08. The lowest BCUT2D eigenvalue weighted by Gasteiger charge is -2.28. The molecule has 1 aromatic heterocycles. The third-order valence-electron chi connectivity index (χ3n) is 3.38. The molecule has 0 N–H and O–H groups in total. The van der Waals surface area contributed by atoms with Crippen molar-refractivity contribution in [3.8, 4) is 5.75 Å². The zero-order valence-electron chi connectivity index (χ0n) is 10.6. The van der Waals surface area contributed by atoms with E-state index < -0.39 is 0 Å². The Kier molecular flexibility index (Phi) is 2.70. The van der Waals surface area contributed by atoms with Gasteiger partial charge in [-0.3, -0.25) is 0 Å². The Hall–Kier alpha value is -1.97. The van der Waals surface area contributed by atoms with E-state index in [1.165, 1.54) is 5.52 Å². The number of imidazole rings is 1. The van der Waals surface area contributed by atoms with E-state index in [1.807, 2.05) is 18.2 Å². The second-order valence-electron chi connectivity index (χ2n) is 4.51. The van der Waals surface area contributed by atoms with Crippen LogP contribution in [0.3, 0.4) is 0 Å². The first-order valence-corrected chi connectivity index (χ1v) is 6.23. The van der Waals surface area contributed by atoms with Gasteiger partial charge in [-0.05, 0) is 18.6 Å². The monoisotopic (exact) mass is 243 g/mol. The summed E-state index contributed by atoms with van der Waals surface area (Å²) in [5, 5.41) is 0. The number of fused-ring (bicyclic) bond motifs is 3. The molecule has 0 atom stereocenters. The first-order valence-electron chi connectivity index (χ1n) is 6.23. The van der Waals surface area contributed by atoms with Gasteiger partial charge in [-0.25, -0.2) is 4.98 Å². The van der Waals surface area contributed by atoms with Crippen LogP contribution >= 0.6 is 0 Å². The van der Waals surface area contributed by atoms with Crippen LogP contribution in [-0.2, 0) is 6.54 Å². The minimum absolute atomic E-state index is 0.848. The molecule has 0 amide bonds. The zero-order chi connectivity index (χ0) is 12.5. The van der Waals surface area contributed by atoms with Gasteiger partial charge in [0.15, 0.2) is 0 Å². The van der Waals surface area contributed by atoms with Crippen LogP contribution < -0.4 is 9.64 Å². The van der Waals surface area contributed by atoms with Crippen molar-refractivity contribution in [1.29, 1.82) is 0 Å². The molecule has 1 aliphatic heterocycles. The Balaban J connectivity index is 2.13. The molecule has 0 radical (unpaired) electrons. The topological polar surface area (TPSA) is 30.3 Å². The first-order chi connectivity index (χ1) is 8.83. The molecule has 4 nitrogen and oxygen atoms in total. The van der Waals surface area contributed by atoms with Crippen molar-refractivity contribution in [3.05, 3.63) is 30.9 Å². The van der Waals surface area contributed by atoms with E-state index in [4.69, 9.17) is 9.72 Å². The number of hydrogen-bond donors (Lipinski definition) is 0. The van der Waals surface area contributed by atoms with Crippen molar-refractivity contribution in [2.24, 2.45) is 0 Å². The van der Waals surface area contributed by atoms with E-state index in [0.717, 1.165) is 43.3 Å². The molecule has 18 heavy (non-hydrogen) atoms. The average molecular weight is 243 g/mol. The molecule has 0 saturated heterocycles. The van der Waals surface area contributed by atoms with Crippen molar-refractivity contribution in [1.82, 2.24) is 9.55 Å². The first kappa shape index (κ1) is 11.1. The van der Waals surface area contributed by atoms with Crippen LogP contribution in [0.5, 0.6) is 5.75 Å². The minimum Gasteiger partial charge on any atom is -0.497 e. The zero-order valence-corrected chi connectivity index (χ0v) is 10.6. The van der Waals surface area contributed by atoms with Crippen LogP contribution in [0, 0.1) is 0 Å². The summed E-state index contributed by atoms with van der Waals surface area (Å²) in [4.78, 5) is 6.99. The van der Waals surface area contributed by atoms with Gasteiger partial charge in [-0.1, -0.05) is 6.08 Å². The summed E-state index contributed by atoms with van der Waals surface area (Å²) < 4.78 is 7.53. The minimum atomic E-state index is 0.848. The molecule has 94 valence electrons. The van der Waals surface area contributed by atoms with Gasteiger partial charge in [0.05, 0.1) is 18.1 Å². The van der Waals surface area contributed by atoms with Crippen molar-refractivity contribution in [2.75, 3.05) is 25.1 Å². The van der Waals surface area contributed by atoms with Gasteiger partial charge >= 0.3 is 0 Å². The van der Waals surface area contributed by atoms with Crippen LogP contribution in [0.25, 0.3) is 11.0 Å². The maximum Gasteiger partial charge on any atom is 0.206 e. The highest BCUT2D eigenvalue weighted by molar-refractivity contribution is 5.80. The number of nitrogens with zero attached hydrogens (tertiary/aromatic N) is 3. The second-order valence-corrected chi connectivity index (χ2v) is 4.51. The van der Waals surface area contributed by atoms with Crippen LogP contribution in [0.15, 0.2) is 30.9 Å². The highest BCUT2D eigenvalue weighted by Crippen LogP contribution is 2.28. The SMILES string of the molecule is C=CCN1CCCn2c1nc1cc(OC)ccc12. The number of anilines is 1. The van der Waals surface area contributed by atoms with Crippen LogP contribution in [0.1, 0.15) is 6.42 Å². The molecule has 1 aromatic carbocycles. The van der Waals surface area contributed by atoms with E-state index in [2.05, 4.69) is 22.1 Å². The van der Waals surface area contributed by atoms with Gasteiger partial charge in [0, 0.05) is 25.7 Å². The van der Waals surface area contributed by atoms with Gasteiger partial charge in [0.1, 0.15) is 5.75 Å². The molecule has 2 aromatic rings. The molecule has 0 saturated carbocycles. The van der Waals surface area contributed by atoms with Gasteiger partial charge in [-0.15, -0.1) is 6.58 Å². The van der Waals surface area contributed by atoms with Crippen LogP contribution in [0.4, 0.5) is 5.95 Å². The number of aryl methyl sites for hydroxylation is 1. The molecule has 0 aliphatic carbocycles. The Labute approximate surface area is 106 Å². The number of hydrogen-bond acceptors (Lipinski definition) is 3. The third-order valence-corrected chi connectivity index (χ3v) is 3.38. The van der Waals surface area contributed by atoms with Crippen molar-refractivity contribution in [2.45, 2.75) is 13.0 Å². The molecule has 3 rings (SSSR count). The summed E-state index contributed by atoms with van der Waals surface area (Å²) in [6.45, 7) is 6.74. The number of ether oxygens (including phenoxy) is 1. The summed E-state index contributed by atoms with van der Waals surface area (Å²) in [6, 6.07) is 6.07. The predicted molar refractivity (Wildman–Crippen MR) is 73.3 cm³/mol. The van der Waals surface area contributed by atoms with Gasteiger partial charge < -0.3 is 14.2 Å². The highest BCUT2D eigenvalue weighted by atomic mass is 16.5. The molecule has 0 fully saturated rings. The fourth-order valence-corrected chi connectivity index (χ4v) is 2.53. The molecule has 2 heterocycles. The smallest absolute Gasteiger partial charge is 0.206 e. The van der Waals surface area contributed by atoms with E-state index in [9.17, 15) is 0 Å². The maximum atomic E-state index is 5.25. The molecular formula is C14H17N3O. The Morgan fingerprint density at radius 3 is 3.11 bits per heavy atom. The summed E-state index contributed by atoms with van der Waals surface area (Å²) in [7, 11) is 1.68. The van der Waals surface area contributed by atoms with Crippen LogP contribution in [0.2, 0.25) is 0 Å². The molecule has 0 bridgehead atoms. The van der Waals surface area contributed by atoms with Crippen molar-refractivity contribution in [3.63, 3.8) is 0 Å². The molecule has 4 heteroatoms. The Morgan fingerprint density at radius 2 is 2.33 bits per heavy atom. The van der Waals surface area contributed by atoms with E-state index in [1.54, 1.807) is 7.11 Å². The van der Waals surface area contributed by atoms with Gasteiger partial charge in [-0.2, -0.15) is 0 Å². The lowest BCUT2D eigenvalue weighted by atomic mass is 10.3. The summed E-state index contributed by atoms with van der Waals surface area (Å²) in [5.74, 6) is 1.90. The number of aromatic nitrogens is 2. The average Bonchev–Trinajstić information content (AvgIpc) is 2.78. The van der Waals surface area contributed by atoms with E-state index >= 15 is 0 Å². The van der Waals surface area contributed by atoms with Gasteiger partial charge in [0.2, 0.25) is 5.95 Å². The fourth-order valence-electron chi connectivity index (χ4n) is 2.53. The normalized spacial score (nSPS) is 14.6. The van der Waals surface area contributed by atoms with E-state index in [-0.39, 0.29) is 0 Å². The molecule has 1 aliphatic rings. The standard InChI is InChI=1S/C14H17N3O/c1-3-7-16-8-4-9-17-13-6-5-11(18-2)10-12(13)15-14(16)17/h3,5-6,10H,1,4,7-9H2,2H3. The predicted octanol–water partition coefficient (Wildman–Crippen LogP) is 2.44.